The van der Waals surface area contributed by atoms with Crippen LogP contribution in [-0.2, 0) is 11.2 Å². The van der Waals surface area contributed by atoms with Gasteiger partial charge in [-0.25, -0.2) is 0 Å². The van der Waals surface area contributed by atoms with Crippen LogP contribution in [0.2, 0.25) is 0 Å². The number of carbonyl (C=O) groups is 1. The molecule has 1 amide bonds. The van der Waals surface area contributed by atoms with Crippen molar-refractivity contribution in [1.82, 2.24) is 14.8 Å². The second-order valence-corrected chi connectivity index (χ2v) is 7.93. The molecule has 1 saturated heterocycles. The van der Waals surface area contributed by atoms with Gasteiger partial charge in [-0.1, -0.05) is 30.3 Å². The van der Waals surface area contributed by atoms with Gasteiger partial charge in [-0.3, -0.25) is 9.78 Å². The molecule has 0 spiro atoms. The van der Waals surface area contributed by atoms with Crippen molar-refractivity contribution in [3.05, 3.63) is 71.6 Å². The molecule has 1 aromatic carbocycles. The maximum atomic E-state index is 12.6. The van der Waals surface area contributed by atoms with Crippen molar-refractivity contribution in [2.75, 3.05) is 32.7 Å². The minimum atomic E-state index is 0.0835. The number of aromatic nitrogens is 1. The first-order chi connectivity index (χ1) is 14.2. The molecule has 3 rings (SSSR count). The summed E-state index contributed by atoms with van der Waals surface area (Å²) in [6.07, 6.45) is 8.66. The van der Waals surface area contributed by atoms with Crippen molar-refractivity contribution >= 4 is 12.0 Å². The number of hydrogen-bond acceptors (Lipinski definition) is 3. The molecule has 4 heteroatoms. The van der Waals surface area contributed by atoms with Gasteiger partial charge >= 0.3 is 0 Å². The summed E-state index contributed by atoms with van der Waals surface area (Å²) in [7, 11) is 0. The number of aryl methyl sites for hydroxylation is 1. The predicted molar refractivity (Wildman–Crippen MR) is 120 cm³/mol. The fourth-order valence-corrected chi connectivity index (χ4v) is 3.98. The molecular weight excluding hydrogens is 358 g/mol. The van der Waals surface area contributed by atoms with E-state index in [0.717, 1.165) is 44.8 Å². The molecule has 0 aliphatic carbocycles. The monoisotopic (exact) mass is 391 g/mol. The first-order valence-electron chi connectivity index (χ1n) is 10.8. The van der Waals surface area contributed by atoms with Gasteiger partial charge in [0, 0.05) is 31.9 Å². The molecule has 4 nitrogen and oxygen atoms in total. The highest BCUT2D eigenvalue weighted by Crippen LogP contribution is 2.19. The first kappa shape index (κ1) is 21.3. The Morgan fingerprint density at radius 2 is 1.93 bits per heavy atom. The number of rotatable bonds is 8. The third-order valence-electron chi connectivity index (χ3n) is 5.92. The molecule has 0 radical (unpaired) electrons. The van der Waals surface area contributed by atoms with E-state index >= 15 is 0 Å². The van der Waals surface area contributed by atoms with Gasteiger partial charge in [-0.15, -0.1) is 0 Å². The van der Waals surface area contributed by atoms with Crippen LogP contribution < -0.4 is 0 Å². The van der Waals surface area contributed by atoms with Crippen LogP contribution in [0.15, 0.2) is 54.7 Å². The predicted octanol–water partition coefficient (Wildman–Crippen LogP) is 4.21. The van der Waals surface area contributed by atoms with Crippen LogP contribution in [0.25, 0.3) is 6.08 Å². The van der Waals surface area contributed by atoms with Crippen molar-refractivity contribution in [1.29, 1.82) is 0 Å². The van der Waals surface area contributed by atoms with Crippen LogP contribution in [0.5, 0.6) is 0 Å². The summed E-state index contributed by atoms with van der Waals surface area (Å²) in [5.74, 6) is 0.678. The number of carbonyl (C=O) groups excluding carboxylic acids is 1. The van der Waals surface area contributed by atoms with Crippen molar-refractivity contribution < 1.29 is 4.79 Å². The maximum absolute atomic E-state index is 12.6. The normalized spacial score (nSPS) is 15.7. The molecule has 1 aromatic heterocycles. The summed E-state index contributed by atoms with van der Waals surface area (Å²) in [4.78, 5) is 21.4. The van der Waals surface area contributed by atoms with Gasteiger partial charge < -0.3 is 9.80 Å². The van der Waals surface area contributed by atoms with E-state index in [9.17, 15) is 4.79 Å². The molecule has 1 aliphatic heterocycles. The molecule has 1 aliphatic rings. The molecule has 0 unspecified atom stereocenters. The Hall–Kier alpha value is -2.46. The largest absolute Gasteiger partial charge is 0.339 e. The van der Waals surface area contributed by atoms with Gasteiger partial charge in [-0.2, -0.15) is 0 Å². The third kappa shape index (κ3) is 6.53. The highest BCUT2D eigenvalue weighted by atomic mass is 16.2. The Labute approximate surface area is 175 Å². The van der Waals surface area contributed by atoms with Crippen LogP contribution >= 0.6 is 0 Å². The summed E-state index contributed by atoms with van der Waals surface area (Å²) in [5, 5.41) is 0. The van der Waals surface area contributed by atoms with E-state index in [1.165, 1.54) is 24.0 Å². The van der Waals surface area contributed by atoms with Crippen molar-refractivity contribution in [3.63, 3.8) is 0 Å². The van der Waals surface area contributed by atoms with Gasteiger partial charge in [0.2, 0.25) is 5.91 Å². The quantitative estimate of drug-likeness (QED) is 0.633. The van der Waals surface area contributed by atoms with Crippen molar-refractivity contribution in [2.24, 2.45) is 5.92 Å². The lowest BCUT2D eigenvalue weighted by Gasteiger charge is -2.34. The van der Waals surface area contributed by atoms with E-state index in [4.69, 9.17) is 0 Å². The molecule has 0 saturated carbocycles. The van der Waals surface area contributed by atoms with Crippen LogP contribution in [0.4, 0.5) is 0 Å². The van der Waals surface area contributed by atoms with E-state index in [-0.39, 0.29) is 5.91 Å². The first-order valence-corrected chi connectivity index (χ1v) is 10.8. The number of likely N-dealkylation sites (N-methyl/N-ethyl adjacent to an activating group) is 1. The molecule has 29 heavy (non-hydrogen) atoms. The molecule has 1 fully saturated rings. The summed E-state index contributed by atoms with van der Waals surface area (Å²) >= 11 is 0. The van der Waals surface area contributed by atoms with Crippen LogP contribution in [0, 0.1) is 12.8 Å². The Morgan fingerprint density at radius 1 is 1.17 bits per heavy atom. The molecule has 0 N–H and O–H groups in total. The number of benzene rings is 1. The average molecular weight is 392 g/mol. The van der Waals surface area contributed by atoms with Gasteiger partial charge in [0.15, 0.2) is 0 Å². The SMILES string of the molecule is CCN(CC1CCN(CCc2ccccc2C)CC1)C(=O)/C=C/c1ccccn1. The van der Waals surface area contributed by atoms with Crippen LogP contribution in [0.1, 0.15) is 36.6 Å². The fraction of sp³-hybridized carbons (Fsp3) is 0.440. The van der Waals surface area contributed by atoms with Gasteiger partial charge in [0.1, 0.15) is 0 Å². The molecular formula is C25H33N3O. The zero-order valence-electron chi connectivity index (χ0n) is 17.8. The molecule has 0 atom stereocenters. The van der Waals surface area contributed by atoms with Crippen molar-refractivity contribution in [2.45, 2.75) is 33.1 Å². The Balaban J connectivity index is 1.43. The van der Waals surface area contributed by atoms with E-state index in [0.29, 0.717) is 5.92 Å². The number of hydrogen-bond donors (Lipinski definition) is 0. The minimum Gasteiger partial charge on any atom is -0.339 e. The summed E-state index contributed by atoms with van der Waals surface area (Å²) in [6.45, 7) is 9.25. The Bertz CT molecular complexity index is 795. The summed E-state index contributed by atoms with van der Waals surface area (Å²) in [5.41, 5.74) is 3.66. The lowest BCUT2D eigenvalue weighted by Crippen LogP contribution is -2.41. The van der Waals surface area contributed by atoms with Crippen molar-refractivity contribution in [3.8, 4) is 0 Å². The second-order valence-electron chi connectivity index (χ2n) is 7.93. The summed E-state index contributed by atoms with van der Waals surface area (Å²) < 4.78 is 0. The van der Waals surface area contributed by atoms with Gasteiger partial charge in [-0.05, 0) is 81.5 Å². The second kappa shape index (κ2) is 10.9. The molecule has 154 valence electrons. The number of pyridine rings is 1. The molecule has 0 bridgehead atoms. The minimum absolute atomic E-state index is 0.0835. The van der Waals surface area contributed by atoms with Gasteiger partial charge in [0.25, 0.3) is 0 Å². The number of piperidine rings is 1. The Morgan fingerprint density at radius 3 is 2.62 bits per heavy atom. The van der Waals surface area contributed by atoms with E-state index in [1.54, 1.807) is 18.3 Å². The third-order valence-corrected chi connectivity index (χ3v) is 5.92. The van der Waals surface area contributed by atoms with E-state index < -0.39 is 0 Å². The zero-order chi connectivity index (χ0) is 20.5. The maximum Gasteiger partial charge on any atom is 0.246 e. The Kier molecular flexibility index (Phi) is 8.00. The zero-order valence-corrected chi connectivity index (χ0v) is 17.8. The number of amides is 1. The van der Waals surface area contributed by atoms with E-state index in [2.05, 4.69) is 48.0 Å². The topological polar surface area (TPSA) is 36.4 Å². The fourth-order valence-electron chi connectivity index (χ4n) is 3.98. The number of likely N-dealkylation sites (tertiary alicyclic amines) is 1. The van der Waals surface area contributed by atoms with Crippen LogP contribution in [-0.4, -0.2) is 53.4 Å². The lowest BCUT2D eigenvalue weighted by atomic mass is 9.95. The van der Waals surface area contributed by atoms with Crippen LogP contribution in [0.3, 0.4) is 0 Å². The smallest absolute Gasteiger partial charge is 0.246 e. The van der Waals surface area contributed by atoms with E-state index in [1.807, 2.05) is 23.1 Å². The highest BCUT2D eigenvalue weighted by Gasteiger charge is 2.22. The molecule has 2 heterocycles. The standard InChI is InChI=1S/C25H33N3O/c1-3-28(25(29)12-11-24-10-6-7-16-26-24)20-22-13-17-27(18-14-22)19-15-23-9-5-4-8-21(23)2/h4-12,16,22H,3,13-15,17-20H2,1-2H3/b12-11+. The number of nitrogens with zero attached hydrogens (tertiary/aromatic N) is 3. The summed E-state index contributed by atoms with van der Waals surface area (Å²) in [6, 6.07) is 14.4. The van der Waals surface area contributed by atoms with Gasteiger partial charge in [0.05, 0.1) is 5.69 Å². The molecule has 2 aromatic rings. The lowest BCUT2D eigenvalue weighted by molar-refractivity contribution is -0.126. The highest BCUT2D eigenvalue weighted by molar-refractivity contribution is 5.91. The average Bonchev–Trinajstić information content (AvgIpc) is 2.77.